The van der Waals surface area contributed by atoms with Crippen LogP contribution in [0, 0.1) is 29.3 Å². The number of carbonyl (C=O) groups excluding carboxylic acids is 1. The van der Waals surface area contributed by atoms with Gasteiger partial charge >= 0.3 is 5.97 Å². The first kappa shape index (κ1) is 25.1. The van der Waals surface area contributed by atoms with Gasteiger partial charge in [-0.15, -0.1) is 0 Å². The van der Waals surface area contributed by atoms with Gasteiger partial charge in [0, 0.05) is 12.1 Å². The molecule has 1 aliphatic carbocycles. The third kappa shape index (κ3) is 7.79. The second-order valence-electron chi connectivity index (χ2n) is 9.02. The molecule has 0 atom stereocenters. The van der Waals surface area contributed by atoms with Crippen molar-refractivity contribution in [2.45, 2.75) is 71.1 Å². The van der Waals surface area contributed by atoms with Gasteiger partial charge in [0.25, 0.3) is 0 Å². The van der Waals surface area contributed by atoms with Gasteiger partial charge in [0.1, 0.15) is 11.5 Å². The van der Waals surface area contributed by atoms with E-state index in [1.54, 1.807) is 12.1 Å². The van der Waals surface area contributed by atoms with Gasteiger partial charge in [0.15, 0.2) is 17.5 Å². The maximum absolute atomic E-state index is 13.3. The van der Waals surface area contributed by atoms with E-state index in [4.69, 9.17) is 9.47 Å². The Morgan fingerprint density at radius 1 is 0.848 bits per heavy atom. The number of carbonyl (C=O) groups is 1. The van der Waals surface area contributed by atoms with Crippen molar-refractivity contribution in [1.82, 2.24) is 0 Å². The van der Waals surface area contributed by atoms with Crippen molar-refractivity contribution in [3.8, 4) is 11.5 Å². The SMILES string of the molecule is CCCCCCCC1CCC(COc2ccc(C(=O)Oc3cc(F)c(F)c(F)c3)cc2)CC1. The predicted octanol–water partition coefficient (Wildman–Crippen LogP) is 7.87. The molecule has 180 valence electrons. The maximum Gasteiger partial charge on any atom is 0.343 e. The quantitative estimate of drug-likeness (QED) is 0.148. The van der Waals surface area contributed by atoms with Gasteiger partial charge < -0.3 is 9.47 Å². The molecule has 6 heteroatoms. The molecule has 0 heterocycles. The van der Waals surface area contributed by atoms with Gasteiger partial charge in [0.05, 0.1) is 12.2 Å². The largest absolute Gasteiger partial charge is 0.493 e. The van der Waals surface area contributed by atoms with Crippen LogP contribution < -0.4 is 9.47 Å². The Morgan fingerprint density at radius 2 is 1.45 bits per heavy atom. The second kappa shape index (κ2) is 12.7. The highest BCUT2D eigenvalue weighted by molar-refractivity contribution is 5.91. The van der Waals surface area contributed by atoms with Crippen molar-refractivity contribution in [3.63, 3.8) is 0 Å². The summed E-state index contributed by atoms with van der Waals surface area (Å²) in [5.41, 5.74) is 0.201. The summed E-state index contributed by atoms with van der Waals surface area (Å²) >= 11 is 0. The summed E-state index contributed by atoms with van der Waals surface area (Å²) < 4.78 is 50.4. The molecule has 0 bridgehead atoms. The standard InChI is InChI=1S/C27H33F3O3/c1-2-3-4-5-6-7-19-8-10-20(11-9-19)18-32-22-14-12-21(13-15-22)27(31)33-23-16-24(28)26(30)25(29)17-23/h12-17,19-20H,2-11,18H2,1H3. The van der Waals surface area contributed by atoms with E-state index in [2.05, 4.69) is 6.92 Å². The molecule has 3 rings (SSSR count). The molecule has 0 N–H and O–H groups in total. The van der Waals surface area contributed by atoms with Gasteiger partial charge in [-0.1, -0.05) is 58.3 Å². The fraction of sp³-hybridized carbons (Fsp3) is 0.519. The van der Waals surface area contributed by atoms with Crippen molar-refractivity contribution in [3.05, 3.63) is 59.4 Å². The van der Waals surface area contributed by atoms with Crippen LogP contribution in [0.1, 0.15) is 81.5 Å². The van der Waals surface area contributed by atoms with Crippen LogP contribution >= 0.6 is 0 Å². The molecule has 0 amide bonds. The lowest BCUT2D eigenvalue weighted by atomic mass is 9.80. The normalized spacial score (nSPS) is 18.2. The number of benzene rings is 2. The minimum atomic E-state index is -1.60. The number of esters is 1. The molecular formula is C27H33F3O3. The topological polar surface area (TPSA) is 35.5 Å². The molecule has 2 aromatic carbocycles. The molecule has 3 nitrogen and oxygen atoms in total. The zero-order valence-corrected chi connectivity index (χ0v) is 19.3. The third-order valence-electron chi connectivity index (χ3n) is 6.43. The first-order valence-electron chi connectivity index (χ1n) is 12.1. The van der Waals surface area contributed by atoms with E-state index in [9.17, 15) is 18.0 Å². The number of unbranched alkanes of at least 4 members (excludes halogenated alkanes) is 4. The molecule has 0 spiro atoms. The fourth-order valence-electron chi connectivity index (χ4n) is 4.38. The van der Waals surface area contributed by atoms with Crippen molar-refractivity contribution in [2.24, 2.45) is 11.8 Å². The first-order chi connectivity index (χ1) is 16.0. The molecular weight excluding hydrogens is 429 g/mol. The molecule has 1 saturated carbocycles. The highest BCUT2D eigenvalue weighted by Gasteiger charge is 2.21. The summed E-state index contributed by atoms with van der Waals surface area (Å²) in [7, 11) is 0. The van der Waals surface area contributed by atoms with Crippen LogP contribution in [0.5, 0.6) is 11.5 Å². The molecule has 2 aromatic rings. The Morgan fingerprint density at radius 3 is 2.09 bits per heavy atom. The van der Waals surface area contributed by atoms with Gasteiger partial charge in [-0.2, -0.15) is 0 Å². The number of ether oxygens (including phenoxy) is 2. The average Bonchev–Trinajstić information content (AvgIpc) is 2.82. The van der Waals surface area contributed by atoms with Crippen LogP contribution in [-0.4, -0.2) is 12.6 Å². The molecule has 0 radical (unpaired) electrons. The lowest BCUT2D eigenvalue weighted by Crippen LogP contribution is -2.20. The maximum atomic E-state index is 13.3. The van der Waals surface area contributed by atoms with E-state index in [1.165, 1.54) is 76.3 Å². The smallest absolute Gasteiger partial charge is 0.343 e. The summed E-state index contributed by atoms with van der Waals surface area (Å²) in [5, 5.41) is 0. The van der Waals surface area contributed by atoms with Crippen molar-refractivity contribution in [2.75, 3.05) is 6.61 Å². The summed E-state index contributed by atoms with van der Waals surface area (Å²) in [6, 6.07) is 7.67. The molecule has 0 aromatic heterocycles. The third-order valence-corrected chi connectivity index (χ3v) is 6.43. The molecule has 0 aliphatic heterocycles. The second-order valence-corrected chi connectivity index (χ2v) is 9.02. The van der Waals surface area contributed by atoms with E-state index in [1.807, 2.05) is 0 Å². The Balaban J connectivity index is 1.39. The summed E-state index contributed by atoms with van der Waals surface area (Å²) in [6.45, 7) is 2.90. The van der Waals surface area contributed by atoms with E-state index < -0.39 is 29.2 Å². The number of hydrogen-bond donors (Lipinski definition) is 0. The Bertz CT molecular complexity index is 867. The summed E-state index contributed by atoms with van der Waals surface area (Å²) in [5.74, 6) is -3.56. The van der Waals surface area contributed by atoms with Crippen LogP contribution in [-0.2, 0) is 0 Å². The molecule has 0 saturated heterocycles. The molecule has 0 unspecified atom stereocenters. The molecule has 33 heavy (non-hydrogen) atoms. The fourth-order valence-corrected chi connectivity index (χ4v) is 4.38. The zero-order chi connectivity index (χ0) is 23.6. The zero-order valence-electron chi connectivity index (χ0n) is 19.3. The van der Waals surface area contributed by atoms with Crippen LogP contribution in [0.2, 0.25) is 0 Å². The van der Waals surface area contributed by atoms with Crippen molar-refractivity contribution < 1.29 is 27.4 Å². The first-order valence-corrected chi connectivity index (χ1v) is 12.1. The van der Waals surface area contributed by atoms with Gasteiger partial charge in [0.2, 0.25) is 0 Å². The van der Waals surface area contributed by atoms with Crippen LogP contribution in [0.3, 0.4) is 0 Å². The molecule has 1 aliphatic rings. The van der Waals surface area contributed by atoms with Gasteiger partial charge in [-0.05, 0) is 48.9 Å². The van der Waals surface area contributed by atoms with Gasteiger partial charge in [-0.25, -0.2) is 18.0 Å². The monoisotopic (exact) mass is 462 g/mol. The lowest BCUT2D eigenvalue weighted by Gasteiger charge is -2.28. The number of hydrogen-bond acceptors (Lipinski definition) is 3. The number of halogens is 3. The Kier molecular flexibility index (Phi) is 9.64. The van der Waals surface area contributed by atoms with Crippen LogP contribution in [0.4, 0.5) is 13.2 Å². The lowest BCUT2D eigenvalue weighted by molar-refractivity contribution is 0.0733. The van der Waals surface area contributed by atoms with Crippen LogP contribution in [0.15, 0.2) is 36.4 Å². The summed E-state index contributed by atoms with van der Waals surface area (Å²) in [4.78, 5) is 12.2. The summed E-state index contributed by atoms with van der Waals surface area (Å²) in [6.07, 6.45) is 13.0. The molecule has 1 fully saturated rings. The van der Waals surface area contributed by atoms with Crippen molar-refractivity contribution in [1.29, 1.82) is 0 Å². The van der Waals surface area contributed by atoms with Crippen molar-refractivity contribution >= 4 is 5.97 Å². The minimum absolute atomic E-state index is 0.201. The van der Waals surface area contributed by atoms with E-state index in [0.29, 0.717) is 30.4 Å². The Labute approximate surface area is 194 Å². The van der Waals surface area contributed by atoms with E-state index >= 15 is 0 Å². The Hall–Kier alpha value is -2.50. The highest BCUT2D eigenvalue weighted by atomic mass is 19.2. The van der Waals surface area contributed by atoms with Crippen LogP contribution in [0.25, 0.3) is 0 Å². The predicted molar refractivity (Wildman–Crippen MR) is 122 cm³/mol. The number of rotatable bonds is 11. The highest BCUT2D eigenvalue weighted by Crippen LogP contribution is 2.32. The average molecular weight is 463 g/mol. The van der Waals surface area contributed by atoms with E-state index in [-0.39, 0.29) is 5.56 Å². The van der Waals surface area contributed by atoms with E-state index in [0.717, 1.165) is 5.92 Å². The van der Waals surface area contributed by atoms with Gasteiger partial charge in [-0.3, -0.25) is 0 Å². The minimum Gasteiger partial charge on any atom is -0.493 e.